The maximum absolute atomic E-state index is 9.38. The fraction of sp³-hybridized carbons (Fsp3) is 0.600. The average molecular weight is 233 g/mol. The minimum Gasteiger partial charge on any atom is -0.508 e. The maximum atomic E-state index is 9.38. The van der Waals surface area contributed by atoms with Crippen LogP contribution < -0.4 is 0 Å². The van der Waals surface area contributed by atoms with Gasteiger partial charge in [-0.05, 0) is 68.9 Å². The van der Waals surface area contributed by atoms with Crippen LogP contribution in [0.4, 0.5) is 0 Å². The van der Waals surface area contributed by atoms with E-state index in [4.69, 9.17) is 0 Å². The van der Waals surface area contributed by atoms with Crippen molar-refractivity contribution in [1.29, 1.82) is 0 Å². The van der Waals surface area contributed by atoms with Crippen LogP contribution in [-0.2, 0) is 6.42 Å². The topological polar surface area (TPSA) is 23.5 Å². The van der Waals surface area contributed by atoms with Crippen LogP contribution in [-0.4, -0.2) is 29.6 Å². The number of benzene rings is 1. The van der Waals surface area contributed by atoms with Crippen molar-refractivity contribution in [2.24, 2.45) is 5.92 Å². The van der Waals surface area contributed by atoms with Gasteiger partial charge in [0.25, 0.3) is 0 Å². The lowest BCUT2D eigenvalue weighted by Crippen LogP contribution is -2.33. The summed E-state index contributed by atoms with van der Waals surface area (Å²) >= 11 is 0. The standard InChI is InChI=1S/C15H23NO/c1-13-7-10-16(11-8-13)9-3-5-14-4-2-6-15(17)12-14/h2,4,6,12-13,17H,3,5,7-11H2,1H3. The summed E-state index contributed by atoms with van der Waals surface area (Å²) in [7, 11) is 0. The zero-order chi connectivity index (χ0) is 12.1. The van der Waals surface area contributed by atoms with Gasteiger partial charge in [-0.2, -0.15) is 0 Å². The van der Waals surface area contributed by atoms with E-state index in [2.05, 4.69) is 17.9 Å². The molecular formula is C15H23NO. The number of piperidine rings is 1. The molecule has 94 valence electrons. The molecule has 0 unspecified atom stereocenters. The van der Waals surface area contributed by atoms with Gasteiger partial charge < -0.3 is 10.0 Å². The molecule has 1 N–H and O–H groups in total. The molecule has 1 saturated heterocycles. The summed E-state index contributed by atoms with van der Waals surface area (Å²) in [5.74, 6) is 1.30. The minimum atomic E-state index is 0.384. The molecule has 1 aliphatic rings. The predicted octanol–water partition coefficient (Wildman–Crippen LogP) is 3.06. The Labute approximate surface area is 104 Å². The molecule has 0 aliphatic carbocycles. The Hall–Kier alpha value is -1.02. The maximum Gasteiger partial charge on any atom is 0.115 e. The first kappa shape index (κ1) is 12.4. The molecule has 1 aromatic carbocycles. The van der Waals surface area contributed by atoms with Crippen LogP contribution in [0.2, 0.25) is 0 Å². The molecule has 0 aromatic heterocycles. The van der Waals surface area contributed by atoms with Crippen LogP contribution in [0.3, 0.4) is 0 Å². The first-order valence-electron chi connectivity index (χ1n) is 6.74. The lowest BCUT2D eigenvalue weighted by Gasteiger charge is -2.30. The summed E-state index contributed by atoms with van der Waals surface area (Å²) in [6.45, 7) is 6.08. The Morgan fingerprint density at radius 2 is 2.06 bits per heavy atom. The molecule has 17 heavy (non-hydrogen) atoms. The van der Waals surface area contributed by atoms with Crippen molar-refractivity contribution in [2.75, 3.05) is 19.6 Å². The number of phenolic OH excluding ortho intramolecular Hbond substituents is 1. The van der Waals surface area contributed by atoms with Gasteiger partial charge in [-0.25, -0.2) is 0 Å². The second-order valence-electron chi connectivity index (χ2n) is 5.30. The quantitative estimate of drug-likeness (QED) is 0.864. The number of phenols is 1. The third-order valence-electron chi connectivity index (χ3n) is 3.73. The summed E-state index contributed by atoms with van der Waals surface area (Å²) in [5.41, 5.74) is 1.25. The van der Waals surface area contributed by atoms with Crippen molar-refractivity contribution in [3.05, 3.63) is 29.8 Å². The highest BCUT2D eigenvalue weighted by Gasteiger charge is 2.14. The lowest BCUT2D eigenvalue weighted by molar-refractivity contribution is 0.191. The number of rotatable bonds is 4. The smallest absolute Gasteiger partial charge is 0.115 e. The van der Waals surface area contributed by atoms with Gasteiger partial charge in [0.05, 0.1) is 0 Å². The number of hydrogen-bond donors (Lipinski definition) is 1. The monoisotopic (exact) mass is 233 g/mol. The fourth-order valence-corrected chi connectivity index (χ4v) is 2.50. The van der Waals surface area contributed by atoms with Gasteiger partial charge in [0.15, 0.2) is 0 Å². The zero-order valence-electron chi connectivity index (χ0n) is 10.7. The molecule has 1 aliphatic heterocycles. The van der Waals surface area contributed by atoms with Crippen LogP contribution >= 0.6 is 0 Å². The molecule has 0 amide bonds. The average Bonchev–Trinajstić information content (AvgIpc) is 2.32. The minimum absolute atomic E-state index is 0.384. The predicted molar refractivity (Wildman–Crippen MR) is 71.3 cm³/mol. The van der Waals surface area contributed by atoms with Gasteiger partial charge >= 0.3 is 0 Å². The molecule has 0 saturated carbocycles. The fourth-order valence-electron chi connectivity index (χ4n) is 2.50. The number of likely N-dealkylation sites (tertiary alicyclic amines) is 1. The SMILES string of the molecule is CC1CCN(CCCc2cccc(O)c2)CC1. The summed E-state index contributed by atoms with van der Waals surface area (Å²) < 4.78 is 0. The van der Waals surface area contributed by atoms with Crippen molar-refractivity contribution in [3.63, 3.8) is 0 Å². The first-order chi connectivity index (χ1) is 8.24. The Bertz CT molecular complexity index is 343. The van der Waals surface area contributed by atoms with Crippen LogP contribution in [0, 0.1) is 5.92 Å². The molecule has 0 spiro atoms. The number of hydrogen-bond acceptors (Lipinski definition) is 2. The molecular weight excluding hydrogens is 210 g/mol. The van der Waals surface area contributed by atoms with Gasteiger partial charge in [0.1, 0.15) is 5.75 Å². The van der Waals surface area contributed by atoms with Crippen molar-refractivity contribution in [3.8, 4) is 5.75 Å². The van der Waals surface area contributed by atoms with Crippen molar-refractivity contribution < 1.29 is 5.11 Å². The van der Waals surface area contributed by atoms with E-state index in [9.17, 15) is 5.11 Å². The van der Waals surface area contributed by atoms with E-state index in [1.165, 1.54) is 44.5 Å². The van der Waals surface area contributed by atoms with Crippen LogP contribution in [0.1, 0.15) is 31.7 Å². The summed E-state index contributed by atoms with van der Waals surface area (Å²) in [4.78, 5) is 2.57. The van der Waals surface area contributed by atoms with Crippen molar-refractivity contribution in [2.45, 2.75) is 32.6 Å². The Morgan fingerprint density at radius 3 is 2.76 bits per heavy atom. The molecule has 2 rings (SSSR count). The van der Waals surface area contributed by atoms with E-state index in [0.717, 1.165) is 12.3 Å². The molecule has 2 heteroatoms. The van der Waals surface area contributed by atoms with Gasteiger partial charge in [0, 0.05) is 0 Å². The normalized spacial score (nSPS) is 18.4. The van der Waals surface area contributed by atoms with E-state index in [1.807, 2.05) is 12.1 Å². The largest absolute Gasteiger partial charge is 0.508 e. The Balaban J connectivity index is 1.69. The third kappa shape index (κ3) is 4.04. The Morgan fingerprint density at radius 1 is 1.29 bits per heavy atom. The molecule has 1 aromatic rings. The van der Waals surface area contributed by atoms with Crippen molar-refractivity contribution in [1.82, 2.24) is 4.90 Å². The van der Waals surface area contributed by atoms with E-state index < -0.39 is 0 Å². The second-order valence-corrected chi connectivity index (χ2v) is 5.30. The van der Waals surface area contributed by atoms with Gasteiger partial charge in [-0.1, -0.05) is 19.1 Å². The van der Waals surface area contributed by atoms with Crippen LogP contribution in [0.25, 0.3) is 0 Å². The molecule has 1 heterocycles. The molecule has 2 nitrogen and oxygen atoms in total. The number of aromatic hydroxyl groups is 1. The molecule has 1 fully saturated rings. The lowest BCUT2D eigenvalue weighted by atomic mass is 9.99. The van der Waals surface area contributed by atoms with E-state index in [0.29, 0.717) is 5.75 Å². The summed E-state index contributed by atoms with van der Waals surface area (Å²) in [6.07, 6.45) is 4.97. The summed E-state index contributed by atoms with van der Waals surface area (Å²) in [5, 5.41) is 9.38. The van der Waals surface area contributed by atoms with Gasteiger partial charge in [-0.15, -0.1) is 0 Å². The highest BCUT2D eigenvalue weighted by Crippen LogP contribution is 2.17. The molecule has 0 radical (unpaired) electrons. The highest BCUT2D eigenvalue weighted by molar-refractivity contribution is 5.27. The first-order valence-corrected chi connectivity index (χ1v) is 6.74. The van der Waals surface area contributed by atoms with Gasteiger partial charge in [0.2, 0.25) is 0 Å². The van der Waals surface area contributed by atoms with Crippen LogP contribution in [0.15, 0.2) is 24.3 Å². The van der Waals surface area contributed by atoms with Crippen LogP contribution in [0.5, 0.6) is 5.75 Å². The number of aryl methyl sites for hydroxylation is 1. The number of nitrogens with zero attached hydrogens (tertiary/aromatic N) is 1. The van der Waals surface area contributed by atoms with E-state index in [1.54, 1.807) is 6.07 Å². The Kier molecular flexibility index (Phi) is 4.43. The molecule has 0 bridgehead atoms. The molecule has 0 atom stereocenters. The zero-order valence-corrected chi connectivity index (χ0v) is 10.7. The third-order valence-corrected chi connectivity index (χ3v) is 3.73. The van der Waals surface area contributed by atoms with E-state index in [-0.39, 0.29) is 0 Å². The second kappa shape index (κ2) is 6.06. The van der Waals surface area contributed by atoms with Gasteiger partial charge in [-0.3, -0.25) is 0 Å². The van der Waals surface area contributed by atoms with Crippen molar-refractivity contribution >= 4 is 0 Å². The van der Waals surface area contributed by atoms with E-state index >= 15 is 0 Å². The summed E-state index contributed by atoms with van der Waals surface area (Å²) in [6, 6.07) is 7.62. The highest BCUT2D eigenvalue weighted by atomic mass is 16.3.